The molecule has 0 unspecified atom stereocenters. The Morgan fingerprint density at radius 3 is 2.50 bits per heavy atom. The summed E-state index contributed by atoms with van der Waals surface area (Å²) in [7, 11) is 5.45. The predicted molar refractivity (Wildman–Crippen MR) is 111 cm³/mol. The summed E-state index contributed by atoms with van der Waals surface area (Å²) in [6, 6.07) is 0.239. The molecule has 1 aliphatic heterocycles. The summed E-state index contributed by atoms with van der Waals surface area (Å²) in [6.07, 6.45) is 3.29. The van der Waals surface area contributed by atoms with Crippen molar-refractivity contribution in [2.75, 3.05) is 34.4 Å². The molecule has 2 N–H and O–H groups in total. The molecular weight excluding hydrogens is 382 g/mol. The maximum Gasteiger partial charge on any atom is 0.0796 e. The number of likely N-dealkylation sites (tertiary alicyclic amines) is 1. The van der Waals surface area contributed by atoms with Gasteiger partial charge < -0.3 is 24.4 Å². The normalized spacial score (nSPS) is 63.3. The van der Waals surface area contributed by atoms with Crippen LogP contribution < -0.4 is 0 Å². The molecule has 6 nitrogen and oxygen atoms in total. The lowest BCUT2D eigenvalue weighted by Gasteiger charge is -2.68. The quantitative estimate of drug-likeness (QED) is 0.717. The minimum atomic E-state index is -0.956. The zero-order valence-corrected chi connectivity index (χ0v) is 19.1. The molecule has 1 spiro atoms. The molecule has 13 atom stereocenters. The van der Waals surface area contributed by atoms with Crippen LogP contribution >= 0.6 is 0 Å². The van der Waals surface area contributed by atoms with E-state index in [0.717, 1.165) is 32.4 Å². The molecule has 6 fully saturated rings. The van der Waals surface area contributed by atoms with Crippen molar-refractivity contribution in [3.05, 3.63) is 0 Å². The van der Waals surface area contributed by atoms with E-state index in [1.807, 2.05) is 14.2 Å². The van der Waals surface area contributed by atoms with E-state index in [9.17, 15) is 10.2 Å². The van der Waals surface area contributed by atoms with Crippen molar-refractivity contribution in [1.29, 1.82) is 0 Å². The number of piperidine rings is 1. The number of hydrogen-bond donors (Lipinski definition) is 2. The van der Waals surface area contributed by atoms with Crippen molar-refractivity contribution in [2.45, 2.75) is 75.6 Å². The Bertz CT molecular complexity index is 734. The number of fused-ring (bicyclic) bond motifs is 2. The minimum Gasteiger partial charge on any atom is -0.392 e. The number of nitrogens with zero attached hydrogens (tertiary/aromatic N) is 1. The molecule has 1 heterocycles. The molecule has 0 amide bonds. The monoisotopic (exact) mass is 421 g/mol. The molecule has 5 aliphatic carbocycles. The van der Waals surface area contributed by atoms with Crippen LogP contribution in [0.3, 0.4) is 0 Å². The van der Waals surface area contributed by atoms with Crippen molar-refractivity contribution >= 4 is 0 Å². The van der Waals surface area contributed by atoms with Crippen LogP contribution in [-0.4, -0.2) is 85.6 Å². The van der Waals surface area contributed by atoms with Gasteiger partial charge in [-0.3, -0.25) is 4.90 Å². The Labute approximate surface area is 180 Å². The number of aliphatic hydroxyl groups excluding tert-OH is 1. The highest BCUT2D eigenvalue weighted by molar-refractivity contribution is 5.35. The van der Waals surface area contributed by atoms with E-state index in [-0.39, 0.29) is 58.9 Å². The Kier molecular flexibility index (Phi) is 4.21. The number of aliphatic hydroxyl groups is 2. The Balaban J connectivity index is 1.64. The zero-order chi connectivity index (χ0) is 21.2. The second kappa shape index (κ2) is 6.21. The molecule has 0 aromatic carbocycles. The van der Waals surface area contributed by atoms with Crippen LogP contribution in [0.5, 0.6) is 0 Å². The molecule has 1 saturated heterocycles. The first-order valence-corrected chi connectivity index (χ1v) is 12.1. The highest BCUT2D eigenvalue weighted by atomic mass is 16.5. The maximum absolute atomic E-state index is 12.5. The van der Waals surface area contributed by atoms with Gasteiger partial charge in [0.15, 0.2) is 0 Å². The van der Waals surface area contributed by atoms with Crippen LogP contribution in [-0.2, 0) is 14.2 Å². The Morgan fingerprint density at radius 2 is 1.87 bits per heavy atom. The maximum atomic E-state index is 12.5. The minimum absolute atomic E-state index is 0.00800. The van der Waals surface area contributed by atoms with Gasteiger partial charge in [0.2, 0.25) is 0 Å². The molecular formula is C24H39NO5. The molecule has 5 saturated carbocycles. The number of methoxy groups -OCH3 is 3. The van der Waals surface area contributed by atoms with E-state index in [2.05, 4.69) is 18.7 Å². The van der Waals surface area contributed by atoms with Gasteiger partial charge in [-0.05, 0) is 37.1 Å². The van der Waals surface area contributed by atoms with Gasteiger partial charge in [-0.2, -0.15) is 0 Å². The molecule has 0 radical (unpaired) electrons. The van der Waals surface area contributed by atoms with Crippen molar-refractivity contribution in [3.63, 3.8) is 0 Å². The summed E-state index contributed by atoms with van der Waals surface area (Å²) >= 11 is 0. The fraction of sp³-hybridized carbons (Fsp3) is 1.00. The SMILES string of the molecule is CCN1C[C@]2(C)CC[C@H](OC)[C@@]34[C@@H]5C[C@H]6[C@H](O)[C@@H]5[C@](O)(C[C@@H]6OC)[C@@H]([C@H](OC)[C@H]23)[C@@H]14. The van der Waals surface area contributed by atoms with Crippen LogP contribution in [0.2, 0.25) is 0 Å². The fourth-order valence-corrected chi connectivity index (χ4v) is 10.7. The Hall–Kier alpha value is -0.240. The summed E-state index contributed by atoms with van der Waals surface area (Å²) in [6.45, 7) is 6.76. The van der Waals surface area contributed by atoms with Gasteiger partial charge in [-0.25, -0.2) is 0 Å². The second-order valence-corrected chi connectivity index (χ2v) is 11.6. The first-order valence-electron chi connectivity index (χ1n) is 12.1. The standard InChI is InChI=1S/C24H39NO5/c1-6-25-11-22(2)8-7-15(29-4)24-13-9-12-14(28-3)10-23(27,16(13)18(12)26)17(21(24)25)19(30-5)20(22)24/h12-21,26-27H,6-11H2,1-5H3/t12-,13-,14+,15+,16-,17+,18+,19+,20-,21-,22+,23-,24+/m1/s1. The zero-order valence-electron chi connectivity index (χ0n) is 19.1. The first kappa shape index (κ1) is 20.4. The molecule has 0 aromatic rings. The third kappa shape index (κ3) is 1.92. The summed E-state index contributed by atoms with van der Waals surface area (Å²) in [5.74, 6) is 0.597. The third-order valence-electron chi connectivity index (χ3n) is 11.2. The number of ether oxygens (including phenoxy) is 3. The van der Waals surface area contributed by atoms with Crippen LogP contribution in [0.1, 0.15) is 39.5 Å². The van der Waals surface area contributed by atoms with Gasteiger partial charge in [-0.15, -0.1) is 0 Å². The number of hydrogen-bond acceptors (Lipinski definition) is 6. The number of rotatable bonds is 4. The van der Waals surface area contributed by atoms with Gasteiger partial charge >= 0.3 is 0 Å². The van der Waals surface area contributed by atoms with Crippen molar-refractivity contribution < 1.29 is 24.4 Å². The highest BCUT2D eigenvalue weighted by Crippen LogP contribution is 2.79. The van der Waals surface area contributed by atoms with Crippen molar-refractivity contribution in [1.82, 2.24) is 4.90 Å². The lowest BCUT2D eigenvalue weighted by Crippen LogP contribution is -2.75. The Morgan fingerprint density at radius 1 is 1.10 bits per heavy atom. The van der Waals surface area contributed by atoms with E-state index in [4.69, 9.17) is 14.2 Å². The third-order valence-corrected chi connectivity index (χ3v) is 11.2. The molecule has 0 aromatic heterocycles. The highest BCUT2D eigenvalue weighted by Gasteiger charge is 2.85. The van der Waals surface area contributed by atoms with E-state index in [0.29, 0.717) is 12.3 Å². The van der Waals surface area contributed by atoms with Crippen molar-refractivity contribution in [3.8, 4) is 0 Å². The van der Waals surface area contributed by atoms with Gasteiger partial charge in [0, 0.05) is 69.4 Å². The lowest BCUT2D eigenvalue weighted by molar-refractivity contribution is -0.270. The predicted octanol–water partition coefficient (Wildman–Crippen LogP) is 1.53. The largest absolute Gasteiger partial charge is 0.392 e. The lowest BCUT2D eigenvalue weighted by atomic mass is 9.43. The molecule has 6 aliphatic rings. The van der Waals surface area contributed by atoms with E-state index in [1.54, 1.807) is 7.11 Å². The van der Waals surface area contributed by atoms with Gasteiger partial charge in [0.25, 0.3) is 0 Å². The average molecular weight is 422 g/mol. The van der Waals surface area contributed by atoms with E-state index in [1.165, 1.54) is 0 Å². The fourth-order valence-electron chi connectivity index (χ4n) is 10.7. The van der Waals surface area contributed by atoms with Crippen LogP contribution in [0.15, 0.2) is 0 Å². The van der Waals surface area contributed by atoms with Gasteiger partial charge in [0.1, 0.15) is 0 Å². The molecule has 6 rings (SSSR count). The summed E-state index contributed by atoms with van der Waals surface area (Å²) in [5.41, 5.74) is -0.880. The van der Waals surface area contributed by atoms with Gasteiger partial charge in [0.05, 0.1) is 30.0 Å². The molecule has 7 bridgehead atoms. The van der Waals surface area contributed by atoms with E-state index < -0.39 is 11.7 Å². The molecule has 6 heteroatoms. The summed E-state index contributed by atoms with van der Waals surface area (Å²) < 4.78 is 18.5. The molecule has 170 valence electrons. The second-order valence-electron chi connectivity index (χ2n) is 11.6. The smallest absolute Gasteiger partial charge is 0.0796 e. The average Bonchev–Trinajstić information content (AvgIpc) is 3.14. The summed E-state index contributed by atoms with van der Waals surface area (Å²) in [4.78, 5) is 2.65. The van der Waals surface area contributed by atoms with Crippen LogP contribution in [0.25, 0.3) is 0 Å². The van der Waals surface area contributed by atoms with Gasteiger partial charge in [-0.1, -0.05) is 13.8 Å². The van der Waals surface area contributed by atoms with Crippen molar-refractivity contribution in [2.24, 2.45) is 40.4 Å². The topological polar surface area (TPSA) is 71.4 Å². The van der Waals surface area contributed by atoms with E-state index >= 15 is 0 Å². The first-order chi connectivity index (χ1) is 14.3. The van der Waals surface area contributed by atoms with Crippen LogP contribution in [0.4, 0.5) is 0 Å². The van der Waals surface area contributed by atoms with Crippen LogP contribution in [0, 0.1) is 40.4 Å². The molecule has 30 heavy (non-hydrogen) atoms. The summed E-state index contributed by atoms with van der Waals surface area (Å²) in [5, 5.41) is 24.0.